The molecule has 0 atom stereocenters. The second-order valence-corrected chi connectivity index (χ2v) is 6.99. The van der Waals surface area contributed by atoms with Gasteiger partial charge in [-0.25, -0.2) is 4.39 Å². The van der Waals surface area contributed by atoms with E-state index in [1.807, 2.05) is 41.0 Å². The number of carbonyl (C=O) groups excluding carboxylic acids is 2. The summed E-state index contributed by atoms with van der Waals surface area (Å²) in [6.07, 6.45) is 0. The molecular formula is C22H26FN3O3. The van der Waals surface area contributed by atoms with Crippen molar-refractivity contribution in [3.05, 3.63) is 53.8 Å². The van der Waals surface area contributed by atoms with Gasteiger partial charge in [-0.2, -0.15) is 0 Å². The molecule has 29 heavy (non-hydrogen) atoms. The average molecular weight is 399 g/mol. The molecule has 0 aromatic heterocycles. The third-order valence-corrected chi connectivity index (χ3v) is 4.88. The SMILES string of the molecule is CCOc1ccc(NC(=O)CN2CCN(c3ccc(C(C)=O)cc3F)CC2)cc1. The molecule has 154 valence electrons. The van der Waals surface area contributed by atoms with Gasteiger partial charge in [-0.05, 0) is 56.3 Å². The van der Waals surface area contributed by atoms with Gasteiger partial charge >= 0.3 is 0 Å². The second kappa shape index (κ2) is 9.52. The lowest BCUT2D eigenvalue weighted by atomic mass is 10.1. The highest BCUT2D eigenvalue weighted by molar-refractivity contribution is 5.94. The van der Waals surface area contributed by atoms with Gasteiger partial charge in [0.1, 0.15) is 11.6 Å². The van der Waals surface area contributed by atoms with Crippen LogP contribution < -0.4 is 15.0 Å². The third-order valence-electron chi connectivity index (χ3n) is 4.88. The number of rotatable bonds is 7. The highest BCUT2D eigenvalue weighted by atomic mass is 19.1. The summed E-state index contributed by atoms with van der Waals surface area (Å²) in [5.74, 6) is 0.142. The maximum Gasteiger partial charge on any atom is 0.238 e. The second-order valence-electron chi connectivity index (χ2n) is 6.99. The van der Waals surface area contributed by atoms with Gasteiger partial charge in [-0.1, -0.05) is 0 Å². The molecule has 0 saturated carbocycles. The van der Waals surface area contributed by atoms with Crippen LogP contribution >= 0.6 is 0 Å². The topological polar surface area (TPSA) is 61.9 Å². The van der Waals surface area contributed by atoms with Crippen LogP contribution in [0.4, 0.5) is 15.8 Å². The van der Waals surface area contributed by atoms with Crippen molar-refractivity contribution < 1.29 is 18.7 Å². The molecule has 0 unspecified atom stereocenters. The van der Waals surface area contributed by atoms with Crippen molar-refractivity contribution in [2.75, 3.05) is 49.5 Å². The van der Waals surface area contributed by atoms with Gasteiger partial charge in [0.15, 0.2) is 5.78 Å². The van der Waals surface area contributed by atoms with Gasteiger partial charge < -0.3 is 15.0 Å². The van der Waals surface area contributed by atoms with E-state index in [0.29, 0.717) is 44.0 Å². The van der Waals surface area contributed by atoms with Gasteiger partial charge in [0.05, 0.1) is 18.8 Å². The molecule has 7 heteroatoms. The monoisotopic (exact) mass is 399 g/mol. The maximum absolute atomic E-state index is 14.3. The molecule has 2 aromatic carbocycles. The Labute approximate surface area is 170 Å². The van der Waals surface area contributed by atoms with Gasteiger partial charge in [0.2, 0.25) is 5.91 Å². The van der Waals surface area contributed by atoms with Crippen LogP contribution in [0.2, 0.25) is 0 Å². The smallest absolute Gasteiger partial charge is 0.238 e. The summed E-state index contributed by atoms with van der Waals surface area (Å²) in [7, 11) is 0. The zero-order chi connectivity index (χ0) is 20.8. The molecule has 0 aliphatic carbocycles. The summed E-state index contributed by atoms with van der Waals surface area (Å²) in [6.45, 7) is 6.78. The quantitative estimate of drug-likeness (QED) is 0.725. The fourth-order valence-corrected chi connectivity index (χ4v) is 3.33. The highest BCUT2D eigenvalue weighted by Crippen LogP contribution is 2.22. The molecule has 1 N–H and O–H groups in total. The standard InChI is InChI=1S/C22H26FN3O3/c1-3-29-19-7-5-18(6-8-19)24-22(28)15-25-10-12-26(13-11-25)21-9-4-17(16(2)27)14-20(21)23/h4-9,14H,3,10-13,15H2,1-2H3,(H,24,28). The lowest BCUT2D eigenvalue weighted by Crippen LogP contribution is -2.48. The molecule has 0 bridgehead atoms. The maximum atomic E-state index is 14.3. The molecule has 1 amide bonds. The zero-order valence-corrected chi connectivity index (χ0v) is 16.8. The van der Waals surface area contributed by atoms with E-state index in [-0.39, 0.29) is 24.1 Å². The molecule has 1 aliphatic rings. The Morgan fingerprint density at radius 1 is 1.07 bits per heavy atom. The van der Waals surface area contributed by atoms with E-state index in [2.05, 4.69) is 5.32 Å². The molecule has 3 rings (SSSR count). The van der Waals surface area contributed by atoms with Crippen molar-refractivity contribution in [1.82, 2.24) is 4.90 Å². The number of Topliss-reactive ketones (excluding diaryl/α,β-unsaturated/α-hetero) is 1. The molecular weight excluding hydrogens is 373 g/mol. The van der Waals surface area contributed by atoms with Crippen LogP contribution in [0.3, 0.4) is 0 Å². The molecule has 1 saturated heterocycles. The first-order chi connectivity index (χ1) is 14.0. The van der Waals surface area contributed by atoms with E-state index < -0.39 is 0 Å². The van der Waals surface area contributed by atoms with Crippen LogP contribution in [-0.2, 0) is 4.79 Å². The minimum atomic E-state index is -0.389. The fourth-order valence-electron chi connectivity index (χ4n) is 3.33. The van der Waals surface area contributed by atoms with Crippen molar-refractivity contribution in [2.45, 2.75) is 13.8 Å². The predicted octanol–water partition coefficient (Wildman–Crippen LogP) is 3.19. The Morgan fingerprint density at radius 2 is 1.76 bits per heavy atom. The van der Waals surface area contributed by atoms with Crippen LogP contribution in [0.15, 0.2) is 42.5 Å². The minimum Gasteiger partial charge on any atom is -0.494 e. The summed E-state index contributed by atoms with van der Waals surface area (Å²) in [4.78, 5) is 27.7. The first-order valence-corrected chi connectivity index (χ1v) is 9.76. The van der Waals surface area contributed by atoms with E-state index in [0.717, 1.165) is 11.4 Å². The van der Waals surface area contributed by atoms with E-state index in [1.54, 1.807) is 12.1 Å². The van der Waals surface area contributed by atoms with Crippen molar-refractivity contribution in [3.63, 3.8) is 0 Å². The van der Waals surface area contributed by atoms with Crippen LogP contribution in [0.5, 0.6) is 5.75 Å². The number of nitrogens with one attached hydrogen (secondary N) is 1. The average Bonchev–Trinajstić information content (AvgIpc) is 2.70. The number of ketones is 1. The Bertz CT molecular complexity index is 862. The first-order valence-electron chi connectivity index (χ1n) is 9.76. The van der Waals surface area contributed by atoms with Gasteiger partial charge in [0, 0.05) is 37.4 Å². The number of ether oxygens (including phenoxy) is 1. The number of nitrogens with zero attached hydrogens (tertiary/aromatic N) is 2. The Kier molecular flexibility index (Phi) is 6.82. The molecule has 0 radical (unpaired) electrons. The number of anilines is 2. The van der Waals surface area contributed by atoms with Gasteiger partial charge in [0.25, 0.3) is 0 Å². The molecule has 0 spiro atoms. The number of halogens is 1. The van der Waals surface area contributed by atoms with Crippen LogP contribution in [0.25, 0.3) is 0 Å². The Hall–Kier alpha value is -2.93. The fraction of sp³-hybridized carbons (Fsp3) is 0.364. The van der Waals surface area contributed by atoms with Crippen molar-refractivity contribution in [3.8, 4) is 5.75 Å². The van der Waals surface area contributed by atoms with Gasteiger partial charge in [-0.15, -0.1) is 0 Å². The van der Waals surface area contributed by atoms with E-state index in [4.69, 9.17) is 4.74 Å². The number of amides is 1. The highest BCUT2D eigenvalue weighted by Gasteiger charge is 2.21. The normalized spacial score (nSPS) is 14.5. The van der Waals surface area contributed by atoms with Crippen molar-refractivity contribution in [1.29, 1.82) is 0 Å². The number of carbonyl (C=O) groups is 2. The zero-order valence-electron chi connectivity index (χ0n) is 16.8. The Balaban J connectivity index is 1.49. The molecule has 1 fully saturated rings. The molecule has 1 heterocycles. The minimum absolute atomic E-state index is 0.0837. The largest absolute Gasteiger partial charge is 0.494 e. The van der Waals surface area contributed by atoms with E-state index >= 15 is 0 Å². The summed E-state index contributed by atoms with van der Waals surface area (Å²) in [6, 6.07) is 11.9. The molecule has 6 nitrogen and oxygen atoms in total. The summed E-state index contributed by atoms with van der Waals surface area (Å²) < 4.78 is 19.7. The number of benzene rings is 2. The molecule has 1 aliphatic heterocycles. The van der Waals surface area contributed by atoms with E-state index in [1.165, 1.54) is 13.0 Å². The van der Waals surface area contributed by atoms with Gasteiger partial charge in [-0.3, -0.25) is 14.5 Å². The molecule has 2 aromatic rings. The third kappa shape index (κ3) is 5.54. The summed E-state index contributed by atoms with van der Waals surface area (Å²) in [5.41, 5.74) is 1.59. The Morgan fingerprint density at radius 3 is 2.34 bits per heavy atom. The van der Waals surface area contributed by atoms with Crippen LogP contribution in [-0.4, -0.2) is 55.9 Å². The van der Waals surface area contributed by atoms with Crippen LogP contribution in [0.1, 0.15) is 24.2 Å². The number of hydrogen-bond acceptors (Lipinski definition) is 5. The number of piperazine rings is 1. The lowest BCUT2D eigenvalue weighted by Gasteiger charge is -2.35. The lowest BCUT2D eigenvalue weighted by molar-refractivity contribution is -0.117. The first kappa shape index (κ1) is 20.8. The van der Waals surface area contributed by atoms with Crippen molar-refractivity contribution >= 4 is 23.1 Å². The summed E-state index contributed by atoms with van der Waals surface area (Å²) in [5, 5.41) is 2.89. The van der Waals surface area contributed by atoms with Crippen LogP contribution in [0, 0.1) is 5.82 Å². The number of hydrogen-bond donors (Lipinski definition) is 1. The van der Waals surface area contributed by atoms with E-state index in [9.17, 15) is 14.0 Å². The predicted molar refractivity (Wildman–Crippen MR) is 111 cm³/mol. The summed E-state index contributed by atoms with van der Waals surface area (Å²) >= 11 is 0. The van der Waals surface area contributed by atoms with Crippen molar-refractivity contribution in [2.24, 2.45) is 0 Å².